The van der Waals surface area contributed by atoms with Crippen molar-refractivity contribution >= 4 is 38.3 Å². The highest BCUT2D eigenvalue weighted by Crippen LogP contribution is 2.21. The fraction of sp³-hybridized carbons (Fsp3) is 0.0909. The second-order valence-corrected chi connectivity index (χ2v) is 8.90. The summed E-state index contributed by atoms with van der Waals surface area (Å²) in [4.78, 5) is 29.4. The third-order valence-corrected chi connectivity index (χ3v) is 6.33. The van der Waals surface area contributed by atoms with Crippen LogP contribution in [0.1, 0.15) is 21.5 Å². The van der Waals surface area contributed by atoms with E-state index >= 15 is 0 Å². The van der Waals surface area contributed by atoms with Crippen LogP contribution in [0.15, 0.2) is 70.4 Å². The zero-order chi connectivity index (χ0) is 22.2. The van der Waals surface area contributed by atoms with E-state index in [2.05, 4.69) is 20.0 Å². The number of carbonyl (C=O) groups is 1. The topological polar surface area (TPSA) is 124 Å². The Hall–Kier alpha value is -3.85. The molecule has 31 heavy (non-hydrogen) atoms. The maximum atomic E-state index is 12.7. The molecule has 4 aromatic rings. The van der Waals surface area contributed by atoms with Gasteiger partial charge >= 0.3 is 5.69 Å². The smallest absolute Gasteiger partial charge is 0.322 e. The summed E-state index contributed by atoms with van der Waals surface area (Å²) in [6, 6.07) is 16.4. The minimum Gasteiger partial charge on any atom is -0.322 e. The Bertz CT molecular complexity index is 1450. The van der Waals surface area contributed by atoms with Crippen LogP contribution in [0.25, 0.3) is 11.0 Å². The molecule has 1 aromatic heterocycles. The van der Waals surface area contributed by atoms with Crippen molar-refractivity contribution in [1.29, 1.82) is 0 Å². The number of benzene rings is 3. The van der Waals surface area contributed by atoms with Crippen LogP contribution in [-0.4, -0.2) is 24.3 Å². The first-order valence-corrected chi connectivity index (χ1v) is 10.9. The van der Waals surface area contributed by atoms with Gasteiger partial charge in [0.15, 0.2) is 0 Å². The number of rotatable bonds is 5. The molecule has 0 saturated heterocycles. The highest BCUT2D eigenvalue weighted by molar-refractivity contribution is 7.92. The number of hydrogen-bond donors (Lipinski definition) is 4. The number of aromatic nitrogens is 2. The summed E-state index contributed by atoms with van der Waals surface area (Å²) in [5.41, 5.74) is 3.63. The Morgan fingerprint density at radius 2 is 1.52 bits per heavy atom. The largest absolute Gasteiger partial charge is 0.323 e. The molecule has 0 radical (unpaired) electrons. The molecule has 0 saturated carbocycles. The van der Waals surface area contributed by atoms with E-state index < -0.39 is 10.0 Å². The molecule has 8 nitrogen and oxygen atoms in total. The van der Waals surface area contributed by atoms with Gasteiger partial charge in [0, 0.05) is 16.9 Å². The third kappa shape index (κ3) is 4.36. The van der Waals surface area contributed by atoms with Crippen molar-refractivity contribution in [2.24, 2.45) is 0 Å². The summed E-state index contributed by atoms with van der Waals surface area (Å²) in [5, 5.41) is 2.75. The summed E-state index contributed by atoms with van der Waals surface area (Å²) in [6.45, 7) is 3.57. The lowest BCUT2D eigenvalue weighted by Crippen LogP contribution is -2.15. The molecule has 0 aliphatic rings. The van der Waals surface area contributed by atoms with Crippen molar-refractivity contribution in [2.45, 2.75) is 18.7 Å². The Balaban J connectivity index is 1.49. The molecule has 9 heteroatoms. The summed E-state index contributed by atoms with van der Waals surface area (Å²) < 4.78 is 28.0. The summed E-state index contributed by atoms with van der Waals surface area (Å²) >= 11 is 0. The predicted octanol–water partition coefficient (Wildman–Crippen LogP) is 3.53. The van der Waals surface area contributed by atoms with Gasteiger partial charge in [0.05, 0.1) is 15.9 Å². The van der Waals surface area contributed by atoms with E-state index in [1.165, 1.54) is 24.3 Å². The van der Waals surface area contributed by atoms with Crippen LogP contribution in [-0.2, 0) is 10.0 Å². The van der Waals surface area contributed by atoms with Crippen molar-refractivity contribution in [3.05, 3.63) is 87.8 Å². The third-order valence-electron chi connectivity index (χ3n) is 4.81. The number of sulfonamides is 1. The molecule has 1 amide bonds. The van der Waals surface area contributed by atoms with Gasteiger partial charge in [-0.25, -0.2) is 13.2 Å². The quantitative estimate of drug-likeness (QED) is 0.382. The fourth-order valence-corrected chi connectivity index (χ4v) is 4.60. The second-order valence-electron chi connectivity index (χ2n) is 7.25. The molecule has 1 heterocycles. The molecule has 0 aliphatic heterocycles. The van der Waals surface area contributed by atoms with E-state index in [0.29, 0.717) is 33.5 Å². The number of nitrogens with one attached hydrogen (secondary N) is 4. The molecular weight excluding hydrogens is 416 g/mol. The van der Waals surface area contributed by atoms with Gasteiger partial charge in [0.2, 0.25) is 0 Å². The highest BCUT2D eigenvalue weighted by Gasteiger charge is 2.17. The minimum atomic E-state index is -3.75. The molecule has 0 bridgehead atoms. The van der Waals surface area contributed by atoms with Gasteiger partial charge in [-0.2, -0.15) is 0 Å². The lowest BCUT2D eigenvalue weighted by Gasteiger charge is -2.12. The van der Waals surface area contributed by atoms with Gasteiger partial charge in [0.25, 0.3) is 15.9 Å². The van der Waals surface area contributed by atoms with Gasteiger partial charge in [0.1, 0.15) is 0 Å². The maximum Gasteiger partial charge on any atom is 0.323 e. The van der Waals surface area contributed by atoms with Gasteiger partial charge in [-0.1, -0.05) is 12.1 Å². The highest BCUT2D eigenvalue weighted by atomic mass is 32.2. The monoisotopic (exact) mass is 436 g/mol. The average molecular weight is 436 g/mol. The second kappa shape index (κ2) is 7.77. The minimum absolute atomic E-state index is 0.215. The van der Waals surface area contributed by atoms with Crippen LogP contribution in [0.3, 0.4) is 0 Å². The molecule has 0 unspecified atom stereocenters. The zero-order valence-electron chi connectivity index (χ0n) is 16.8. The number of carbonyl (C=O) groups excluding carboxylic acids is 1. The molecular formula is C22H20N4O4S. The van der Waals surface area contributed by atoms with E-state index in [-0.39, 0.29) is 16.5 Å². The zero-order valence-corrected chi connectivity index (χ0v) is 17.6. The molecule has 0 fully saturated rings. The van der Waals surface area contributed by atoms with E-state index in [0.717, 1.165) is 5.56 Å². The molecule has 3 aromatic carbocycles. The standard InChI is InChI=1S/C22H20N4O4S/c1-13-3-4-14(2)20(11-13)31(29,30)26-16-7-5-15(6-8-16)21(27)23-17-9-10-18-19(12-17)25-22(28)24-18/h3-12,26H,1-2H3,(H,23,27)(H2,24,25,28). The van der Waals surface area contributed by atoms with E-state index in [1.54, 1.807) is 37.3 Å². The van der Waals surface area contributed by atoms with Crippen molar-refractivity contribution in [3.63, 3.8) is 0 Å². The number of hydrogen-bond acceptors (Lipinski definition) is 4. The van der Waals surface area contributed by atoms with Crippen LogP contribution in [0.4, 0.5) is 11.4 Å². The lowest BCUT2D eigenvalue weighted by atomic mass is 10.2. The number of aryl methyl sites for hydroxylation is 2. The predicted molar refractivity (Wildman–Crippen MR) is 120 cm³/mol. The summed E-state index contributed by atoms with van der Waals surface area (Å²) in [5.74, 6) is -0.360. The first-order valence-electron chi connectivity index (χ1n) is 9.45. The van der Waals surface area contributed by atoms with Crippen LogP contribution < -0.4 is 15.7 Å². The number of H-pyrrole nitrogens is 2. The van der Waals surface area contributed by atoms with Crippen molar-refractivity contribution in [3.8, 4) is 0 Å². The molecule has 4 rings (SSSR count). The average Bonchev–Trinajstić information content (AvgIpc) is 3.09. The lowest BCUT2D eigenvalue weighted by molar-refractivity contribution is 0.102. The Kier molecular flexibility index (Phi) is 5.12. The molecule has 4 N–H and O–H groups in total. The van der Waals surface area contributed by atoms with Crippen LogP contribution in [0.5, 0.6) is 0 Å². The van der Waals surface area contributed by atoms with E-state index in [4.69, 9.17) is 0 Å². The molecule has 0 atom stereocenters. The van der Waals surface area contributed by atoms with Gasteiger partial charge < -0.3 is 15.3 Å². The SMILES string of the molecule is Cc1ccc(C)c(S(=O)(=O)Nc2ccc(C(=O)Nc3ccc4[nH]c(=O)[nH]c4c3)cc2)c1. The number of anilines is 2. The Morgan fingerprint density at radius 3 is 2.26 bits per heavy atom. The summed E-state index contributed by atoms with van der Waals surface area (Å²) in [7, 11) is -3.75. The van der Waals surface area contributed by atoms with Crippen LogP contribution >= 0.6 is 0 Å². The van der Waals surface area contributed by atoms with E-state index in [9.17, 15) is 18.0 Å². The molecule has 158 valence electrons. The number of amides is 1. The van der Waals surface area contributed by atoms with Gasteiger partial charge in [-0.3, -0.25) is 9.52 Å². The van der Waals surface area contributed by atoms with Crippen molar-refractivity contribution < 1.29 is 13.2 Å². The molecule has 0 spiro atoms. The molecule has 0 aliphatic carbocycles. The fourth-order valence-electron chi connectivity index (χ4n) is 3.21. The normalized spacial score (nSPS) is 11.4. The first kappa shape index (κ1) is 20.4. The Morgan fingerprint density at radius 1 is 0.839 bits per heavy atom. The number of aromatic amines is 2. The van der Waals surface area contributed by atoms with Gasteiger partial charge in [-0.15, -0.1) is 0 Å². The summed E-state index contributed by atoms with van der Waals surface area (Å²) in [6.07, 6.45) is 0. The van der Waals surface area contributed by atoms with E-state index in [1.807, 2.05) is 13.0 Å². The number of imidazole rings is 1. The maximum absolute atomic E-state index is 12.7. The Labute approximate surface area is 178 Å². The van der Waals surface area contributed by atoms with Crippen molar-refractivity contribution in [2.75, 3.05) is 10.0 Å². The van der Waals surface area contributed by atoms with Crippen molar-refractivity contribution in [1.82, 2.24) is 9.97 Å². The van der Waals surface area contributed by atoms with Crippen LogP contribution in [0, 0.1) is 13.8 Å². The van der Waals surface area contributed by atoms with Crippen LogP contribution in [0.2, 0.25) is 0 Å². The number of fused-ring (bicyclic) bond motifs is 1. The first-order chi connectivity index (χ1) is 14.7. The van der Waals surface area contributed by atoms with Gasteiger partial charge in [-0.05, 0) is 73.5 Å².